The van der Waals surface area contributed by atoms with Crippen LogP contribution >= 0.6 is 0 Å². The number of hydrogen-bond donors (Lipinski definition) is 2. The Bertz CT molecular complexity index is 484. The third-order valence-electron chi connectivity index (χ3n) is 2.86. The fraction of sp³-hybridized carbons (Fsp3) is 0.133. The fourth-order valence-electron chi connectivity index (χ4n) is 1.95. The van der Waals surface area contributed by atoms with Crippen molar-refractivity contribution in [2.45, 2.75) is 12.1 Å². The number of benzene rings is 2. The number of amides is 1. The second-order valence-corrected chi connectivity index (χ2v) is 4.03. The zero-order valence-corrected chi connectivity index (χ0v) is 9.86. The molecule has 0 spiro atoms. The molecule has 18 heavy (non-hydrogen) atoms. The molecule has 2 aromatic carbocycles. The van der Waals surface area contributed by atoms with Crippen LogP contribution in [0.4, 0.5) is 0 Å². The smallest absolute Gasteiger partial charge is 0.207 e. The van der Waals surface area contributed by atoms with Gasteiger partial charge in [0.25, 0.3) is 0 Å². The Morgan fingerprint density at radius 1 is 0.889 bits per heavy atom. The molecule has 0 aliphatic rings. The summed E-state index contributed by atoms with van der Waals surface area (Å²) in [6, 6.07) is 18.3. The van der Waals surface area contributed by atoms with Crippen molar-refractivity contribution in [2.75, 3.05) is 0 Å². The van der Waals surface area contributed by atoms with Crippen molar-refractivity contribution >= 4 is 6.41 Å². The van der Waals surface area contributed by atoms with E-state index in [2.05, 4.69) is 5.32 Å². The van der Waals surface area contributed by atoms with Crippen LogP contribution < -0.4 is 5.32 Å². The zero-order chi connectivity index (χ0) is 12.8. The predicted octanol–water partition coefficient (Wildman–Crippen LogP) is 2.21. The molecule has 0 radical (unpaired) electrons. The average molecular weight is 241 g/mol. The van der Waals surface area contributed by atoms with Crippen molar-refractivity contribution in [2.24, 2.45) is 0 Å². The minimum Gasteiger partial charge on any atom is -0.386 e. The van der Waals surface area contributed by atoms with Gasteiger partial charge in [-0.05, 0) is 11.1 Å². The number of carbonyl (C=O) groups excluding carboxylic acids is 1. The lowest BCUT2D eigenvalue weighted by atomic mass is 9.96. The largest absolute Gasteiger partial charge is 0.386 e. The standard InChI is InChI=1S/C15H15NO2/c17-11-16-14(12-7-3-1-4-8-12)15(18)13-9-5-2-6-10-13/h1-11,14-15,18H,(H,16,17)/t14-,15?/m0/s1. The molecule has 0 aliphatic carbocycles. The van der Waals surface area contributed by atoms with Crippen molar-refractivity contribution in [1.29, 1.82) is 0 Å². The van der Waals surface area contributed by atoms with E-state index in [0.717, 1.165) is 11.1 Å². The van der Waals surface area contributed by atoms with E-state index in [1.807, 2.05) is 60.7 Å². The molecule has 0 saturated carbocycles. The number of nitrogens with one attached hydrogen (secondary N) is 1. The van der Waals surface area contributed by atoms with Crippen molar-refractivity contribution in [3.63, 3.8) is 0 Å². The second-order valence-electron chi connectivity index (χ2n) is 4.03. The van der Waals surface area contributed by atoms with Gasteiger partial charge in [0.15, 0.2) is 0 Å². The average Bonchev–Trinajstić information content (AvgIpc) is 2.46. The summed E-state index contributed by atoms with van der Waals surface area (Å²) in [4.78, 5) is 10.7. The van der Waals surface area contributed by atoms with E-state index < -0.39 is 12.1 Å². The molecule has 92 valence electrons. The quantitative estimate of drug-likeness (QED) is 0.788. The molecule has 0 heterocycles. The van der Waals surface area contributed by atoms with Crippen LogP contribution in [0.3, 0.4) is 0 Å². The summed E-state index contributed by atoms with van der Waals surface area (Å²) in [6.07, 6.45) is -0.150. The molecular weight excluding hydrogens is 226 g/mol. The molecule has 0 bridgehead atoms. The van der Waals surface area contributed by atoms with E-state index in [9.17, 15) is 9.90 Å². The van der Waals surface area contributed by atoms with E-state index in [4.69, 9.17) is 0 Å². The number of aliphatic hydroxyl groups excluding tert-OH is 1. The Hall–Kier alpha value is -2.13. The predicted molar refractivity (Wildman–Crippen MR) is 69.8 cm³/mol. The van der Waals surface area contributed by atoms with Crippen LogP contribution in [0.2, 0.25) is 0 Å². The van der Waals surface area contributed by atoms with Gasteiger partial charge in [0.1, 0.15) is 6.10 Å². The molecule has 0 aromatic heterocycles. The molecule has 3 nitrogen and oxygen atoms in total. The molecule has 1 unspecified atom stereocenters. The van der Waals surface area contributed by atoms with Gasteiger partial charge in [-0.3, -0.25) is 4.79 Å². The van der Waals surface area contributed by atoms with Crippen LogP contribution in [0.5, 0.6) is 0 Å². The highest BCUT2D eigenvalue weighted by molar-refractivity contribution is 5.48. The van der Waals surface area contributed by atoms with E-state index >= 15 is 0 Å². The summed E-state index contributed by atoms with van der Waals surface area (Å²) >= 11 is 0. The van der Waals surface area contributed by atoms with Gasteiger partial charge in [-0.1, -0.05) is 60.7 Å². The lowest BCUT2D eigenvalue weighted by Crippen LogP contribution is -2.25. The summed E-state index contributed by atoms with van der Waals surface area (Å²) < 4.78 is 0. The van der Waals surface area contributed by atoms with Gasteiger partial charge in [-0.25, -0.2) is 0 Å². The maximum Gasteiger partial charge on any atom is 0.207 e. The van der Waals surface area contributed by atoms with Gasteiger partial charge in [0, 0.05) is 0 Å². The first-order chi connectivity index (χ1) is 8.83. The summed E-state index contributed by atoms with van der Waals surface area (Å²) in [5.74, 6) is 0. The van der Waals surface area contributed by atoms with Crippen LogP contribution in [-0.2, 0) is 4.79 Å². The summed E-state index contributed by atoms with van der Waals surface area (Å²) in [5, 5.41) is 13.0. The van der Waals surface area contributed by atoms with Crippen molar-refractivity contribution in [3.8, 4) is 0 Å². The summed E-state index contributed by atoms with van der Waals surface area (Å²) in [6.45, 7) is 0. The van der Waals surface area contributed by atoms with E-state index in [1.165, 1.54) is 0 Å². The third kappa shape index (κ3) is 2.76. The molecule has 0 saturated heterocycles. The number of rotatable bonds is 5. The van der Waals surface area contributed by atoms with E-state index in [-0.39, 0.29) is 0 Å². The van der Waals surface area contributed by atoms with Crippen LogP contribution in [0, 0.1) is 0 Å². The maximum atomic E-state index is 10.7. The van der Waals surface area contributed by atoms with Crippen molar-refractivity contribution in [1.82, 2.24) is 5.32 Å². The molecule has 0 aliphatic heterocycles. The summed E-state index contributed by atoms with van der Waals surface area (Å²) in [5.41, 5.74) is 1.65. The first-order valence-corrected chi connectivity index (χ1v) is 5.80. The number of carbonyl (C=O) groups is 1. The van der Waals surface area contributed by atoms with Crippen molar-refractivity contribution < 1.29 is 9.90 Å². The Balaban J connectivity index is 2.28. The van der Waals surface area contributed by atoms with Crippen LogP contribution in [-0.4, -0.2) is 11.5 Å². The van der Waals surface area contributed by atoms with Gasteiger partial charge in [-0.15, -0.1) is 0 Å². The monoisotopic (exact) mass is 241 g/mol. The Labute approximate surface area is 106 Å². The minimum atomic E-state index is -0.765. The van der Waals surface area contributed by atoms with Gasteiger partial charge < -0.3 is 10.4 Å². The third-order valence-corrected chi connectivity index (χ3v) is 2.86. The maximum absolute atomic E-state index is 10.7. The lowest BCUT2D eigenvalue weighted by molar-refractivity contribution is -0.111. The van der Waals surface area contributed by atoms with Gasteiger partial charge in [0.2, 0.25) is 6.41 Å². The minimum absolute atomic E-state index is 0.439. The molecule has 0 fully saturated rings. The zero-order valence-electron chi connectivity index (χ0n) is 9.86. The molecule has 2 atom stereocenters. The fourth-order valence-corrected chi connectivity index (χ4v) is 1.95. The van der Waals surface area contributed by atoms with E-state index in [1.54, 1.807) is 0 Å². The lowest BCUT2D eigenvalue weighted by Gasteiger charge is -2.23. The highest BCUT2D eigenvalue weighted by Gasteiger charge is 2.21. The van der Waals surface area contributed by atoms with Gasteiger partial charge in [-0.2, -0.15) is 0 Å². The summed E-state index contributed by atoms with van der Waals surface area (Å²) in [7, 11) is 0. The van der Waals surface area contributed by atoms with Crippen LogP contribution in [0.1, 0.15) is 23.3 Å². The molecule has 2 rings (SSSR count). The Kier molecular flexibility index (Phi) is 4.10. The van der Waals surface area contributed by atoms with Gasteiger partial charge >= 0.3 is 0 Å². The SMILES string of the molecule is O=CN[C@@H](c1ccccc1)C(O)c1ccccc1. The highest BCUT2D eigenvalue weighted by atomic mass is 16.3. The molecule has 1 amide bonds. The van der Waals surface area contributed by atoms with Crippen LogP contribution in [0.25, 0.3) is 0 Å². The van der Waals surface area contributed by atoms with E-state index in [0.29, 0.717) is 6.41 Å². The number of aliphatic hydroxyl groups is 1. The number of hydrogen-bond acceptors (Lipinski definition) is 2. The highest BCUT2D eigenvalue weighted by Crippen LogP contribution is 2.27. The topological polar surface area (TPSA) is 49.3 Å². The molecular formula is C15H15NO2. The Morgan fingerprint density at radius 3 is 1.89 bits per heavy atom. The van der Waals surface area contributed by atoms with Crippen molar-refractivity contribution in [3.05, 3.63) is 71.8 Å². The normalized spacial score (nSPS) is 13.6. The Morgan fingerprint density at radius 2 is 1.39 bits per heavy atom. The molecule has 2 N–H and O–H groups in total. The molecule has 3 heteroatoms. The first-order valence-electron chi connectivity index (χ1n) is 5.80. The second kappa shape index (κ2) is 5.98. The van der Waals surface area contributed by atoms with Crippen LogP contribution in [0.15, 0.2) is 60.7 Å². The molecule has 2 aromatic rings. The first kappa shape index (κ1) is 12.3. The van der Waals surface area contributed by atoms with Gasteiger partial charge in [0.05, 0.1) is 6.04 Å².